The minimum absolute atomic E-state index is 0.604. The van der Waals surface area contributed by atoms with Gasteiger partial charge in [-0.05, 0) is 36.8 Å². The molecule has 1 heterocycles. The summed E-state index contributed by atoms with van der Waals surface area (Å²) in [4.78, 5) is 13.7. The van der Waals surface area contributed by atoms with E-state index in [1.807, 2.05) is 45.2 Å². The van der Waals surface area contributed by atoms with Crippen molar-refractivity contribution in [3.05, 3.63) is 59.9 Å². The van der Waals surface area contributed by atoms with E-state index in [1.54, 1.807) is 25.3 Å². The monoisotopic (exact) mass is 285 g/mol. The van der Waals surface area contributed by atoms with Crippen LogP contribution in [0.2, 0.25) is 0 Å². The van der Waals surface area contributed by atoms with Crippen LogP contribution in [0.5, 0.6) is 0 Å². The summed E-state index contributed by atoms with van der Waals surface area (Å²) < 4.78 is 0. The molecule has 1 aromatic carbocycles. The van der Waals surface area contributed by atoms with E-state index in [0.717, 1.165) is 17.5 Å². The summed E-state index contributed by atoms with van der Waals surface area (Å²) >= 11 is 0. The van der Waals surface area contributed by atoms with Gasteiger partial charge in [-0.15, -0.1) is 0 Å². The van der Waals surface area contributed by atoms with E-state index in [-0.39, 0.29) is 0 Å². The average Bonchev–Trinajstić information content (AvgIpc) is 2.58. The van der Waals surface area contributed by atoms with Gasteiger partial charge in [0.15, 0.2) is 6.29 Å². The maximum Gasteiger partial charge on any atom is 0.151 e. The van der Waals surface area contributed by atoms with Crippen molar-refractivity contribution in [1.82, 2.24) is 4.98 Å². The molecule has 0 unspecified atom stereocenters. The second kappa shape index (κ2) is 11.3. The van der Waals surface area contributed by atoms with Crippen LogP contribution >= 0.6 is 0 Å². The third-order valence-electron chi connectivity index (χ3n) is 2.43. The Morgan fingerprint density at radius 3 is 2.14 bits per heavy atom. The van der Waals surface area contributed by atoms with Gasteiger partial charge in [0.1, 0.15) is 0 Å². The van der Waals surface area contributed by atoms with Gasteiger partial charge in [0.25, 0.3) is 0 Å². The number of rotatable bonds is 3. The summed E-state index contributed by atoms with van der Waals surface area (Å²) in [5, 5.41) is 10.4. The molecule has 0 aliphatic rings. The van der Waals surface area contributed by atoms with Crippen LogP contribution in [-0.2, 0) is 0 Å². The first-order chi connectivity index (χ1) is 10.2. The molecule has 1 aromatic heterocycles. The maximum absolute atomic E-state index is 9.97. The van der Waals surface area contributed by atoms with Gasteiger partial charge in [0, 0.05) is 36.4 Å². The third kappa shape index (κ3) is 7.62. The molecule has 0 aliphatic carbocycles. The number of benzene rings is 1. The van der Waals surface area contributed by atoms with E-state index in [2.05, 4.69) is 10.3 Å². The second-order valence-corrected chi connectivity index (χ2v) is 3.86. The lowest BCUT2D eigenvalue weighted by molar-refractivity contribution is 0.112. The summed E-state index contributed by atoms with van der Waals surface area (Å²) in [7, 11) is 1.88. The largest absolute Gasteiger partial charge is 0.388 e. The van der Waals surface area contributed by atoms with Crippen molar-refractivity contribution in [3.63, 3.8) is 0 Å². The van der Waals surface area contributed by atoms with E-state index in [9.17, 15) is 4.79 Å². The highest BCUT2D eigenvalue weighted by molar-refractivity contribution is 5.96. The first-order valence-electron chi connectivity index (χ1n) is 6.86. The topological polar surface area (TPSA) is 65.8 Å². The molecule has 0 saturated carbocycles. The standard InChI is InChI=1S/C9H12N2.C6H5NO.C2H6/c1-7(10)8-3-5-9(11-2)6-4-8;8-5-6-2-1-3-7-4-6;1-2/h3-6,10-11H,1-2H3;1-5H;1-2H3. The maximum atomic E-state index is 9.97. The Labute approximate surface area is 126 Å². The molecular weight excluding hydrogens is 262 g/mol. The van der Waals surface area contributed by atoms with Crippen molar-refractivity contribution >= 4 is 17.7 Å². The highest BCUT2D eigenvalue weighted by Gasteiger charge is 1.93. The molecule has 21 heavy (non-hydrogen) atoms. The first kappa shape index (κ1) is 18.5. The summed E-state index contributed by atoms with van der Waals surface area (Å²) in [5.41, 5.74) is 3.28. The van der Waals surface area contributed by atoms with Crippen LogP contribution in [0.15, 0.2) is 48.8 Å². The number of hydrogen-bond donors (Lipinski definition) is 2. The fraction of sp³-hybridized carbons (Fsp3) is 0.235. The van der Waals surface area contributed by atoms with Gasteiger partial charge in [-0.3, -0.25) is 9.78 Å². The Hall–Kier alpha value is -2.49. The lowest BCUT2D eigenvalue weighted by Gasteiger charge is -2.00. The highest BCUT2D eigenvalue weighted by Crippen LogP contribution is 2.08. The predicted molar refractivity (Wildman–Crippen MR) is 89.5 cm³/mol. The minimum Gasteiger partial charge on any atom is -0.388 e. The lowest BCUT2D eigenvalue weighted by atomic mass is 10.1. The summed E-state index contributed by atoms with van der Waals surface area (Å²) in [5.74, 6) is 0. The molecule has 0 bridgehead atoms. The van der Waals surface area contributed by atoms with Gasteiger partial charge in [0.05, 0.1) is 0 Å². The molecule has 0 aliphatic heterocycles. The Bertz CT molecular complexity index is 521. The Balaban J connectivity index is 0.000000354. The normalized spacial score (nSPS) is 8.38. The number of pyridine rings is 1. The molecule has 0 amide bonds. The number of aldehydes is 1. The van der Waals surface area contributed by atoms with Crippen LogP contribution in [0.25, 0.3) is 0 Å². The van der Waals surface area contributed by atoms with Crippen molar-refractivity contribution in [2.45, 2.75) is 20.8 Å². The molecule has 0 fully saturated rings. The van der Waals surface area contributed by atoms with Gasteiger partial charge in [-0.2, -0.15) is 0 Å². The SMILES string of the molecule is CC.CNc1ccc(C(C)=N)cc1.O=Cc1cccnc1. The molecule has 0 spiro atoms. The van der Waals surface area contributed by atoms with Crippen LogP contribution in [0, 0.1) is 5.41 Å². The minimum atomic E-state index is 0.604. The third-order valence-corrected chi connectivity index (χ3v) is 2.43. The summed E-state index contributed by atoms with van der Waals surface area (Å²) in [6, 6.07) is 11.2. The molecule has 0 atom stereocenters. The van der Waals surface area contributed by atoms with Gasteiger partial charge in [-0.1, -0.05) is 26.0 Å². The fourth-order valence-electron chi connectivity index (χ4n) is 1.33. The van der Waals surface area contributed by atoms with Crippen LogP contribution in [-0.4, -0.2) is 24.0 Å². The van der Waals surface area contributed by atoms with Crippen LogP contribution in [0.3, 0.4) is 0 Å². The molecular formula is C17H23N3O. The van der Waals surface area contributed by atoms with Crippen LogP contribution < -0.4 is 5.32 Å². The van der Waals surface area contributed by atoms with E-state index in [0.29, 0.717) is 11.3 Å². The Morgan fingerprint density at radius 1 is 1.19 bits per heavy atom. The molecule has 2 N–H and O–H groups in total. The van der Waals surface area contributed by atoms with Crippen molar-refractivity contribution in [2.75, 3.05) is 12.4 Å². The lowest BCUT2D eigenvalue weighted by Crippen LogP contribution is -1.92. The van der Waals surface area contributed by atoms with Crippen molar-refractivity contribution in [2.24, 2.45) is 0 Å². The highest BCUT2D eigenvalue weighted by atomic mass is 16.1. The molecule has 4 heteroatoms. The molecule has 2 aromatic rings. The fourth-order valence-corrected chi connectivity index (χ4v) is 1.33. The van der Waals surface area contributed by atoms with Crippen LogP contribution in [0.1, 0.15) is 36.7 Å². The number of anilines is 1. The molecule has 112 valence electrons. The van der Waals surface area contributed by atoms with Gasteiger partial charge in [0.2, 0.25) is 0 Å². The van der Waals surface area contributed by atoms with Crippen molar-refractivity contribution < 1.29 is 4.79 Å². The van der Waals surface area contributed by atoms with Crippen molar-refractivity contribution in [3.8, 4) is 0 Å². The van der Waals surface area contributed by atoms with Gasteiger partial charge >= 0.3 is 0 Å². The smallest absolute Gasteiger partial charge is 0.151 e. The second-order valence-electron chi connectivity index (χ2n) is 3.86. The van der Waals surface area contributed by atoms with Crippen molar-refractivity contribution in [1.29, 1.82) is 5.41 Å². The number of hydrogen-bond acceptors (Lipinski definition) is 4. The molecule has 0 saturated heterocycles. The van der Waals surface area contributed by atoms with Gasteiger partial charge in [-0.25, -0.2) is 0 Å². The zero-order valence-corrected chi connectivity index (χ0v) is 13.1. The van der Waals surface area contributed by atoms with E-state index < -0.39 is 0 Å². The van der Waals surface area contributed by atoms with E-state index in [1.165, 1.54) is 6.20 Å². The van der Waals surface area contributed by atoms with E-state index in [4.69, 9.17) is 5.41 Å². The average molecular weight is 285 g/mol. The number of nitrogens with zero attached hydrogens (tertiary/aromatic N) is 1. The zero-order chi connectivity index (χ0) is 16.1. The number of carbonyl (C=O) groups is 1. The van der Waals surface area contributed by atoms with E-state index >= 15 is 0 Å². The Morgan fingerprint density at radius 2 is 1.81 bits per heavy atom. The molecule has 0 radical (unpaired) electrons. The number of nitrogens with one attached hydrogen (secondary N) is 2. The Kier molecular flexibility index (Phi) is 10.0. The zero-order valence-electron chi connectivity index (χ0n) is 13.1. The van der Waals surface area contributed by atoms with Crippen LogP contribution in [0.4, 0.5) is 5.69 Å². The number of carbonyl (C=O) groups excluding carboxylic acids is 1. The van der Waals surface area contributed by atoms with Gasteiger partial charge < -0.3 is 10.7 Å². The molecule has 4 nitrogen and oxygen atoms in total. The predicted octanol–water partition coefficient (Wildman–Crippen LogP) is 4.04. The quantitative estimate of drug-likeness (QED) is 0.660. The first-order valence-corrected chi connectivity index (χ1v) is 6.86. The summed E-state index contributed by atoms with van der Waals surface area (Å²) in [6.45, 7) is 5.79. The summed E-state index contributed by atoms with van der Waals surface area (Å²) in [6.07, 6.45) is 3.92. The molecule has 2 rings (SSSR count). The number of aromatic nitrogens is 1.